The highest BCUT2D eigenvalue weighted by molar-refractivity contribution is 9.10. The average Bonchev–Trinajstić information content (AvgIpc) is 2.41. The van der Waals surface area contributed by atoms with Crippen molar-refractivity contribution in [2.45, 2.75) is 19.5 Å². The molecule has 6 nitrogen and oxygen atoms in total. The SMILES string of the molecule is CC(N)COc1cnn(Cc2ccc(Br)cn2)c(=O)c1. The summed E-state index contributed by atoms with van der Waals surface area (Å²) in [6, 6.07) is 5.00. The van der Waals surface area contributed by atoms with Crippen molar-refractivity contribution in [2.75, 3.05) is 6.61 Å². The first-order valence-electron chi connectivity index (χ1n) is 6.10. The van der Waals surface area contributed by atoms with Gasteiger partial charge in [0.2, 0.25) is 0 Å². The molecule has 0 amide bonds. The number of rotatable bonds is 5. The number of ether oxygens (including phenoxy) is 1. The topological polar surface area (TPSA) is 83.0 Å². The lowest BCUT2D eigenvalue weighted by Crippen LogP contribution is -2.26. The zero-order chi connectivity index (χ0) is 14.5. The van der Waals surface area contributed by atoms with Gasteiger partial charge >= 0.3 is 0 Å². The molecule has 2 N–H and O–H groups in total. The molecule has 2 rings (SSSR count). The van der Waals surface area contributed by atoms with E-state index in [2.05, 4.69) is 26.0 Å². The Kier molecular flexibility index (Phi) is 4.86. The van der Waals surface area contributed by atoms with Crippen LogP contribution in [0.25, 0.3) is 0 Å². The Balaban J connectivity index is 2.09. The molecule has 106 valence electrons. The number of aromatic nitrogens is 3. The molecule has 1 atom stereocenters. The first kappa shape index (κ1) is 14.7. The Hall–Kier alpha value is -1.73. The van der Waals surface area contributed by atoms with Crippen molar-refractivity contribution in [3.8, 4) is 5.75 Å². The summed E-state index contributed by atoms with van der Waals surface area (Å²) >= 11 is 3.31. The molecule has 1 unspecified atom stereocenters. The van der Waals surface area contributed by atoms with Crippen LogP contribution in [0.4, 0.5) is 0 Å². The summed E-state index contributed by atoms with van der Waals surface area (Å²) in [5, 5.41) is 4.06. The third-order valence-corrected chi connectivity index (χ3v) is 2.93. The Bertz CT molecular complexity index is 625. The number of nitrogens with zero attached hydrogens (tertiary/aromatic N) is 3. The monoisotopic (exact) mass is 338 g/mol. The fourth-order valence-corrected chi connectivity index (χ4v) is 1.73. The van der Waals surface area contributed by atoms with Crippen LogP contribution in [0, 0.1) is 0 Å². The third kappa shape index (κ3) is 4.14. The minimum absolute atomic E-state index is 0.0932. The molecule has 0 bridgehead atoms. The van der Waals surface area contributed by atoms with Gasteiger partial charge in [0.1, 0.15) is 12.4 Å². The molecule has 0 saturated carbocycles. The summed E-state index contributed by atoms with van der Waals surface area (Å²) in [5.74, 6) is 0.423. The van der Waals surface area contributed by atoms with Crippen LogP contribution >= 0.6 is 15.9 Å². The zero-order valence-electron chi connectivity index (χ0n) is 11.0. The van der Waals surface area contributed by atoms with Gasteiger partial charge in [0.15, 0.2) is 0 Å². The second-order valence-corrected chi connectivity index (χ2v) is 5.36. The van der Waals surface area contributed by atoms with E-state index in [4.69, 9.17) is 10.5 Å². The zero-order valence-corrected chi connectivity index (χ0v) is 12.6. The van der Waals surface area contributed by atoms with E-state index in [1.54, 1.807) is 6.20 Å². The lowest BCUT2D eigenvalue weighted by Gasteiger charge is -2.09. The van der Waals surface area contributed by atoms with E-state index in [1.165, 1.54) is 16.9 Å². The predicted molar refractivity (Wildman–Crippen MR) is 78.7 cm³/mol. The Morgan fingerprint density at radius 2 is 2.25 bits per heavy atom. The van der Waals surface area contributed by atoms with E-state index in [0.29, 0.717) is 18.9 Å². The molecule has 0 aliphatic carbocycles. The Morgan fingerprint density at radius 1 is 1.45 bits per heavy atom. The molecule has 2 heterocycles. The van der Waals surface area contributed by atoms with Gasteiger partial charge in [0.05, 0.1) is 18.4 Å². The standard InChI is InChI=1S/C13H15BrN4O2/c1-9(15)8-20-12-4-13(19)18(17-6-12)7-11-3-2-10(14)5-16-11/h2-6,9H,7-8,15H2,1H3. The predicted octanol–water partition coefficient (Wildman–Crippen LogP) is 1.18. The Morgan fingerprint density at radius 3 is 2.85 bits per heavy atom. The summed E-state index contributed by atoms with van der Waals surface area (Å²) in [7, 11) is 0. The molecule has 7 heteroatoms. The number of hydrogen-bond donors (Lipinski definition) is 1. The van der Waals surface area contributed by atoms with Crippen LogP contribution in [0.3, 0.4) is 0 Å². The molecule has 0 aromatic carbocycles. The van der Waals surface area contributed by atoms with Crippen LogP contribution in [-0.2, 0) is 6.54 Å². The minimum atomic E-state index is -0.239. The van der Waals surface area contributed by atoms with Gasteiger partial charge in [-0.1, -0.05) is 0 Å². The van der Waals surface area contributed by atoms with Gasteiger partial charge < -0.3 is 10.5 Å². The van der Waals surface area contributed by atoms with E-state index >= 15 is 0 Å². The number of halogens is 1. The van der Waals surface area contributed by atoms with E-state index in [9.17, 15) is 4.79 Å². The van der Waals surface area contributed by atoms with Gasteiger partial charge in [-0.05, 0) is 35.0 Å². The summed E-state index contributed by atoms with van der Waals surface area (Å²) < 4.78 is 7.56. The van der Waals surface area contributed by atoms with E-state index in [1.807, 2.05) is 19.1 Å². The van der Waals surface area contributed by atoms with Crippen LogP contribution in [0.5, 0.6) is 5.75 Å². The summed E-state index contributed by atoms with van der Waals surface area (Å²) in [6.45, 7) is 2.49. The molecule has 2 aromatic rings. The summed E-state index contributed by atoms with van der Waals surface area (Å²) in [6.07, 6.45) is 3.18. The van der Waals surface area contributed by atoms with Gasteiger partial charge in [0.25, 0.3) is 5.56 Å². The van der Waals surface area contributed by atoms with Crippen molar-refractivity contribution in [2.24, 2.45) is 5.73 Å². The first-order valence-corrected chi connectivity index (χ1v) is 6.90. The molecular weight excluding hydrogens is 324 g/mol. The maximum Gasteiger partial charge on any atom is 0.270 e. The van der Waals surface area contributed by atoms with Crippen molar-refractivity contribution in [3.63, 3.8) is 0 Å². The van der Waals surface area contributed by atoms with E-state index < -0.39 is 0 Å². The van der Waals surface area contributed by atoms with Crippen molar-refractivity contribution < 1.29 is 4.74 Å². The van der Waals surface area contributed by atoms with Crippen LogP contribution in [0.1, 0.15) is 12.6 Å². The van der Waals surface area contributed by atoms with Gasteiger partial charge in [-0.25, -0.2) is 4.68 Å². The van der Waals surface area contributed by atoms with Crippen molar-refractivity contribution in [1.82, 2.24) is 14.8 Å². The molecule has 0 radical (unpaired) electrons. The lowest BCUT2D eigenvalue weighted by molar-refractivity contribution is 0.293. The molecule has 0 saturated heterocycles. The van der Waals surface area contributed by atoms with Gasteiger partial charge in [0, 0.05) is 22.8 Å². The smallest absolute Gasteiger partial charge is 0.270 e. The third-order valence-electron chi connectivity index (χ3n) is 2.46. The van der Waals surface area contributed by atoms with Gasteiger partial charge in [-0.15, -0.1) is 0 Å². The second-order valence-electron chi connectivity index (χ2n) is 4.44. The molecule has 2 aromatic heterocycles. The normalized spacial score (nSPS) is 12.2. The molecular formula is C13H15BrN4O2. The Labute approximate surface area is 124 Å². The van der Waals surface area contributed by atoms with Crippen molar-refractivity contribution in [1.29, 1.82) is 0 Å². The van der Waals surface area contributed by atoms with E-state index in [-0.39, 0.29) is 11.6 Å². The fourth-order valence-electron chi connectivity index (χ4n) is 1.50. The maximum absolute atomic E-state index is 11.9. The fraction of sp³-hybridized carbons (Fsp3) is 0.308. The first-order chi connectivity index (χ1) is 9.54. The summed E-state index contributed by atoms with van der Waals surface area (Å²) in [4.78, 5) is 16.1. The average molecular weight is 339 g/mol. The van der Waals surface area contributed by atoms with Crippen LogP contribution in [0.15, 0.2) is 39.9 Å². The highest BCUT2D eigenvalue weighted by Crippen LogP contribution is 2.08. The van der Waals surface area contributed by atoms with Crippen LogP contribution < -0.4 is 16.0 Å². The molecule has 0 aliphatic rings. The van der Waals surface area contributed by atoms with Crippen molar-refractivity contribution >= 4 is 15.9 Å². The van der Waals surface area contributed by atoms with Crippen molar-refractivity contribution in [3.05, 3.63) is 51.1 Å². The quantitative estimate of drug-likeness (QED) is 0.884. The highest BCUT2D eigenvalue weighted by atomic mass is 79.9. The lowest BCUT2D eigenvalue weighted by atomic mass is 10.3. The van der Waals surface area contributed by atoms with E-state index in [0.717, 1.165) is 10.2 Å². The van der Waals surface area contributed by atoms with Gasteiger partial charge in [-0.2, -0.15) is 5.10 Å². The largest absolute Gasteiger partial charge is 0.490 e. The molecule has 0 fully saturated rings. The number of pyridine rings is 1. The minimum Gasteiger partial charge on any atom is -0.490 e. The van der Waals surface area contributed by atoms with Gasteiger partial charge in [-0.3, -0.25) is 9.78 Å². The number of nitrogens with two attached hydrogens (primary N) is 1. The maximum atomic E-state index is 11.9. The van der Waals surface area contributed by atoms with Crippen LogP contribution in [-0.4, -0.2) is 27.4 Å². The molecule has 0 spiro atoms. The molecule has 0 aliphatic heterocycles. The number of hydrogen-bond acceptors (Lipinski definition) is 5. The van der Waals surface area contributed by atoms with Crippen LogP contribution in [0.2, 0.25) is 0 Å². The molecule has 20 heavy (non-hydrogen) atoms. The second kappa shape index (κ2) is 6.62. The summed E-state index contributed by atoms with van der Waals surface area (Å²) in [5.41, 5.74) is 6.10. The highest BCUT2D eigenvalue weighted by Gasteiger charge is 2.04.